The summed E-state index contributed by atoms with van der Waals surface area (Å²) < 4.78 is 41.4. The minimum absolute atomic E-state index is 0.0548. The van der Waals surface area contributed by atoms with Crippen molar-refractivity contribution in [2.75, 3.05) is 34.4 Å². The minimum Gasteiger partial charge on any atom is -0.468 e. The first kappa shape index (κ1) is 29.4. The van der Waals surface area contributed by atoms with Gasteiger partial charge in [-0.05, 0) is 32.4 Å². The van der Waals surface area contributed by atoms with Gasteiger partial charge in [-0.3, -0.25) is 9.59 Å². The van der Waals surface area contributed by atoms with E-state index in [1.54, 1.807) is 19.1 Å². The first-order valence-electron chi connectivity index (χ1n) is 10.4. The van der Waals surface area contributed by atoms with E-state index < -0.39 is 33.3 Å². The number of nitrogens with zero attached hydrogens (tertiary/aromatic N) is 1. The predicted molar refractivity (Wildman–Crippen MR) is 128 cm³/mol. The molecule has 0 bridgehead atoms. The molecule has 0 aromatic heterocycles. The fourth-order valence-corrected chi connectivity index (χ4v) is 4.22. The van der Waals surface area contributed by atoms with E-state index in [1.807, 2.05) is 6.92 Å². The van der Waals surface area contributed by atoms with Crippen LogP contribution in [0.4, 0.5) is 0 Å². The molecule has 1 rings (SSSR count). The number of benzene rings is 1. The van der Waals surface area contributed by atoms with E-state index in [-0.39, 0.29) is 30.8 Å². The number of allylic oxidation sites excluding steroid dienone is 1. The fraction of sp³-hybridized carbons (Fsp3) is 0.400. The van der Waals surface area contributed by atoms with Crippen LogP contribution in [0.2, 0.25) is 0 Å². The Hall–Kier alpha value is -3.60. The molecule has 0 unspecified atom stereocenters. The standard InChI is InChI=1S/C25H29NO8S/c1-6-7-18-26(35(30,31)21-14-12-20(2)13-15-21)19-9-8-16-25(23(28)33-4,24(29)34-5)17-10-11-22(27)32-3/h8-9,12-15H,16-19H2,1-5H3/b9-8+. The number of rotatable bonds is 10. The van der Waals surface area contributed by atoms with Crippen LogP contribution in [0.3, 0.4) is 0 Å². The second-order valence-electron chi connectivity index (χ2n) is 7.25. The Labute approximate surface area is 206 Å². The van der Waals surface area contributed by atoms with E-state index in [0.717, 1.165) is 26.9 Å². The summed E-state index contributed by atoms with van der Waals surface area (Å²) >= 11 is 0. The Kier molecular flexibility index (Phi) is 11.7. The van der Waals surface area contributed by atoms with Crippen LogP contribution in [0.15, 0.2) is 41.3 Å². The maximum atomic E-state index is 13.1. The number of carbonyl (C=O) groups is 3. The molecule has 0 atom stereocenters. The predicted octanol–water partition coefficient (Wildman–Crippen LogP) is 1.85. The highest BCUT2D eigenvalue weighted by Crippen LogP contribution is 2.31. The molecule has 35 heavy (non-hydrogen) atoms. The maximum absolute atomic E-state index is 13.1. The van der Waals surface area contributed by atoms with Gasteiger partial charge >= 0.3 is 17.9 Å². The van der Waals surface area contributed by atoms with Crippen molar-refractivity contribution in [3.05, 3.63) is 42.0 Å². The molecular formula is C25H29NO8S. The third kappa shape index (κ3) is 7.99. The molecule has 0 aliphatic carbocycles. The number of esters is 3. The van der Waals surface area contributed by atoms with Gasteiger partial charge in [-0.15, -0.1) is 5.92 Å². The zero-order valence-electron chi connectivity index (χ0n) is 20.4. The van der Waals surface area contributed by atoms with Crippen molar-refractivity contribution in [1.82, 2.24) is 4.31 Å². The van der Waals surface area contributed by atoms with Gasteiger partial charge in [0.25, 0.3) is 0 Å². The lowest BCUT2D eigenvalue weighted by Gasteiger charge is -2.25. The van der Waals surface area contributed by atoms with E-state index in [2.05, 4.69) is 28.4 Å². The molecule has 0 radical (unpaired) electrons. The molecule has 0 amide bonds. The van der Waals surface area contributed by atoms with Gasteiger partial charge in [0.15, 0.2) is 5.41 Å². The van der Waals surface area contributed by atoms with Gasteiger partial charge < -0.3 is 14.2 Å². The average molecular weight is 504 g/mol. The Morgan fingerprint density at radius 2 is 1.57 bits per heavy atom. The van der Waals surface area contributed by atoms with Gasteiger partial charge in [0.05, 0.1) is 32.8 Å². The molecule has 10 heteroatoms. The number of hydrogen-bond acceptors (Lipinski definition) is 8. The molecule has 0 aliphatic heterocycles. The Morgan fingerprint density at radius 3 is 2.09 bits per heavy atom. The van der Waals surface area contributed by atoms with Crippen LogP contribution in [0.1, 0.15) is 25.3 Å². The molecule has 0 fully saturated rings. The zero-order valence-corrected chi connectivity index (χ0v) is 21.2. The first-order chi connectivity index (χ1) is 16.6. The quantitative estimate of drug-likeness (QED) is 0.119. The van der Waals surface area contributed by atoms with Gasteiger partial charge in [-0.25, -0.2) is 13.2 Å². The van der Waals surface area contributed by atoms with E-state index >= 15 is 0 Å². The molecular weight excluding hydrogens is 474 g/mol. The molecule has 188 valence electrons. The largest absolute Gasteiger partial charge is 0.468 e. The zero-order chi connectivity index (χ0) is 26.5. The topological polar surface area (TPSA) is 116 Å². The van der Waals surface area contributed by atoms with E-state index in [1.165, 1.54) is 28.6 Å². The van der Waals surface area contributed by atoms with Crippen LogP contribution < -0.4 is 0 Å². The van der Waals surface area contributed by atoms with Crippen molar-refractivity contribution in [2.45, 2.75) is 31.6 Å². The van der Waals surface area contributed by atoms with Crippen molar-refractivity contribution < 1.29 is 37.0 Å². The van der Waals surface area contributed by atoms with Crippen LogP contribution in [0.25, 0.3) is 0 Å². The van der Waals surface area contributed by atoms with Crippen LogP contribution >= 0.6 is 0 Å². The van der Waals surface area contributed by atoms with Crippen molar-refractivity contribution in [3.63, 3.8) is 0 Å². The van der Waals surface area contributed by atoms with Crippen molar-refractivity contribution >= 4 is 27.9 Å². The molecule has 0 N–H and O–H groups in total. The lowest BCUT2D eigenvalue weighted by Crippen LogP contribution is -2.40. The molecule has 0 heterocycles. The SMILES string of the molecule is CC#CCN(C/C=C/CC(CC#CC(=O)OC)(C(=O)OC)C(=O)OC)S(=O)(=O)c1ccc(C)cc1. The Bertz CT molecular complexity index is 1150. The molecule has 0 saturated carbocycles. The highest BCUT2D eigenvalue weighted by atomic mass is 32.2. The third-order valence-corrected chi connectivity index (χ3v) is 6.78. The number of aryl methyl sites for hydroxylation is 1. The summed E-state index contributed by atoms with van der Waals surface area (Å²) in [5, 5.41) is 0. The lowest BCUT2D eigenvalue weighted by molar-refractivity contribution is -0.168. The first-order valence-corrected chi connectivity index (χ1v) is 11.9. The van der Waals surface area contributed by atoms with Gasteiger partial charge in [-0.2, -0.15) is 4.31 Å². The smallest absolute Gasteiger partial charge is 0.384 e. The van der Waals surface area contributed by atoms with Crippen molar-refractivity contribution in [3.8, 4) is 23.7 Å². The Morgan fingerprint density at radius 1 is 0.971 bits per heavy atom. The van der Waals surface area contributed by atoms with Crippen molar-refractivity contribution in [1.29, 1.82) is 0 Å². The highest BCUT2D eigenvalue weighted by molar-refractivity contribution is 7.89. The number of carbonyl (C=O) groups excluding carboxylic acids is 3. The second kappa shape index (κ2) is 14.0. The van der Waals surface area contributed by atoms with Crippen LogP contribution in [0.5, 0.6) is 0 Å². The lowest BCUT2D eigenvalue weighted by atomic mass is 9.81. The van der Waals surface area contributed by atoms with Gasteiger partial charge in [0.1, 0.15) is 0 Å². The molecule has 0 spiro atoms. The summed E-state index contributed by atoms with van der Waals surface area (Å²) in [5.74, 6) is 7.38. The number of ether oxygens (including phenoxy) is 3. The summed E-state index contributed by atoms with van der Waals surface area (Å²) in [6, 6.07) is 6.42. The van der Waals surface area contributed by atoms with Gasteiger partial charge in [0.2, 0.25) is 10.0 Å². The van der Waals surface area contributed by atoms with Gasteiger partial charge in [-0.1, -0.05) is 41.7 Å². The second-order valence-corrected chi connectivity index (χ2v) is 9.19. The third-order valence-electron chi connectivity index (χ3n) is 4.95. The van der Waals surface area contributed by atoms with Crippen LogP contribution in [-0.4, -0.2) is 65.0 Å². The average Bonchev–Trinajstić information content (AvgIpc) is 2.85. The summed E-state index contributed by atoms with van der Waals surface area (Å²) in [5.41, 5.74) is -0.939. The normalized spacial score (nSPS) is 11.1. The van der Waals surface area contributed by atoms with E-state index in [4.69, 9.17) is 9.47 Å². The van der Waals surface area contributed by atoms with E-state index in [0.29, 0.717) is 0 Å². The molecule has 1 aromatic carbocycles. The highest BCUT2D eigenvalue weighted by Gasteiger charge is 2.47. The molecule has 0 saturated heterocycles. The number of hydrogen-bond donors (Lipinski definition) is 0. The Balaban J connectivity index is 3.23. The summed E-state index contributed by atoms with van der Waals surface area (Å²) in [4.78, 5) is 36.5. The van der Waals surface area contributed by atoms with Crippen LogP contribution in [-0.2, 0) is 38.6 Å². The summed E-state index contributed by atoms with van der Waals surface area (Å²) in [7, 11) is -0.490. The number of sulfonamides is 1. The van der Waals surface area contributed by atoms with Gasteiger partial charge in [0, 0.05) is 18.9 Å². The molecule has 1 aromatic rings. The monoisotopic (exact) mass is 503 g/mol. The minimum atomic E-state index is -3.85. The van der Waals surface area contributed by atoms with Crippen molar-refractivity contribution in [2.24, 2.45) is 5.41 Å². The summed E-state index contributed by atoms with van der Waals surface area (Å²) in [6.45, 7) is 3.32. The molecule has 0 aliphatic rings. The van der Waals surface area contributed by atoms with Crippen LogP contribution in [0, 0.1) is 36.0 Å². The number of methoxy groups -OCH3 is 3. The van der Waals surface area contributed by atoms with E-state index in [9.17, 15) is 22.8 Å². The summed E-state index contributed by atoms with van der Waals surface area (Å²) in [6.07, 6.45) is 2.38. The maximum Gasteiger partial charge on any atom is 0.384 e. The molecule has 9 nitrogen and oxygen atoms in total. The fourth-order valence-electron chi connectivity index (χ4n) is 2.93.